The van der Waals surface area contributed by atoms with Gasteiger partial charge in [-0.2, -0.15) is 0 Å². The van der Waals surface area contributed by atoms with Crippen LogP contribution in [-0.2, 0) is 9.47 Å². The lowest BCUT2D eigenvalue weighted by Crippen LogP contribution is -2.45. The highest BCUT2D eigenvalue weighted by molar-refractivity contribution is 14.1. The summed E-state index contributed by atoms with van der Waals surface area (Å²) in [5, 5.41) is 1.39. The van der Waals surface area contributed by atoms with E-state index in [1.807, 2.05) is 0 Å². The molecule has 0 aromatic heterocycles. The maximum atomic E-state index is 5.82. The third-order valence-electron chi connectivity index (χ3n) is 6.84. The molecule has 2 aromatic rings. The Balaban J connectivity index is 1.72. The first kappa shape index (κ1) is 23.6. The Morgan fingerprint density at radius 1 is 0.848 bits per heavy atom. The van der Waals surface area contributed by atoms with Crippen LogP contribution in [0.25, 0.3) is 0 Å². The van der Waals surface area contributed by atoms with Gasteiger partial charge in [0.2, 0.25) is 0 Å². The van der Waals surface area contributed by atoms with Crippen molar-refractivity contribution in [2.24, 2.45) is 4.74 Å². The topological polar surface area (TPSA) is 37.3 Å². The van der Waals surface area contributed by atoms with Gasteiger partial charge >= 0.3 is 0 Å². The van der Waals surface area contributed by atoms with E-state index in [-0.39, 0.29) is 0 Å². The number of hydrogen-bond acceptors (Lipinski definition) is 4. The standard InChI is InChI=1S/C26H33IN3O2P/c27-22-10-12-23(13-11-22)28-33(24-6-2-1-3-7-24,30-16-20-32-21-17-30)26-9-5-4-8-25(26)29-14-18-31-19-15-29/h1-3,6-8,10-13,26H,4-5,9,14-21H2/t26-,33-/m0/s1. The highest BCUT2D eigenvalue weighted by Gasteiger charge is 2.42. The molecule has 0 bridgehead atoms. The molecule has 0 amide bonds. The molecule has 0 saturated carbocycles. The van der Waals surface area contributed by atoms with Crippen LogP contribution in [0.2, 0.25) is 0 Å². The van der Waals surface area contributed by atoms with Gasteiger partial charge in [0.15, 0.2) is 0 Å². The van der Waals surface area contributed by atoms with Crippen LogP contribution in [0.3, 0.4) is 0 Å². The maximum Gasteiger partial charge on any atom is 0.0756 e. The number of morpholine rings is 2. The molecule has 7 heteroatoms. The number of rotatable bonds is 5. The zero-order valence-electron chi connectivity index (χ0n) is 19.1. The third kappa shape index (κ3) is 5.10. The van der Waals surface area contributed by atoms with Crippen LogP contribution in [-0.4, -0.2) is 67.8 Å². The Labute approximate surface area is 211 Å². The summed E-state index contributed by atoms with van der Waals surface area (Å²) in [5.74, 6) is 0. The molecule has 33 heavy (non-hydrogen) atoms. The summed E-state index contributed by atoms with van der Waals surface area (Å²) in [4.78, 5) is 2.59. The van der Waals surface area contributed by atoms with E-state index in [1.54, 1.807) is 0 Å². The zero-order valence-corrected chi connectivity index (χ0v) is 22.2. The lowest BCUT2D eigenvalue weighted by molar-refractivity contribution is 0.0510. The molecule has 0 unspecified atom stereocenters. The van der Waals surface area contributed by atoms with Crippen LogP contribution >= 0.6 is 29.8 Å². The maximum absolute atomic E-state index is 5.82. The summed E-state index contributed by atoms with van der Waals surface area (Å²) in [5.41, 5.74) is 2.98. The molecule has 1 aliphatic carbocycles. The van der Waals surface area contributed by atoms with Crippen molar-refractivity contribution < 1.29 is 9.47 Å². The molecule has 176 valence electrons. The van der Waals surface area contributed by atoms with Crippen molar-refractivity contribution in [1.82, 2.24) is 9.57 Å². The van der Waals surface area contributed by atoms with Gasteiger partial charge < -0.3 is 14.4 Å². The van der Waals surface area contributed by atoms with Gasteiger partial charge in [0.05, 0.1) is 45.0 Å². The largest absolute Gasteiger partial charge is 0.379 e. The second-order valence-corrected chi connectivity index (χ2v) is 13.3. The fourth-order valence-corrected chi connectivity index (χ4v) is 10.2. The molecule has 5 nitrogen and oxygen atoms in total. The van der Waals surface area contributed by atoms with Crippen LogP contribution < -0.4 is 5.30 Å². The summed E-state index contributed by atoms with van der Waals surface area (Å²) >= 11 is 2.38. The number of nitrogens with zero attached hydrogens (tertiary/aromatic N) is 3. The Kier molecular flexibility index (Phi) is 7.88. The quantitative estimate of drug-likeness (QED) is 0.349. The average molecular weight is 577 g/mol. The highest BCUT2D eigenvalue weighted by Crippen LogP contribution is 2.63. The Morgan fingerprint density at radius 2 is 1.52 bits per heavy atom. The monoisotopic (exact) mass is 577 g/mol. The molecule has 0 N–H and O–H groups in total. The molecular weight excluding hydrogens is 544 g/mol. The van der Waals surface area contributed by atoms with Crippen molar-refractivity contribution in [2.75, 3.05) is 52.6 Å². The number of halogens is 1. The molecule has 0 radical (unpaired) electrons. The fraction of sp³-hybridized carbons (Fsp3) is 0.462. The molecule has 2 aliphatic heterocycles. The molecule has 2 atom stereocenters. The minimum Gasteiger partial charge on any atom is -0.379 e. The number of allylic oxidation sites excluding steroid dienone is 2. The molecule has 0 spiro atoms. The van der Waals surface area contributed by atoms with Gasteiger partial charge in [-0.1, -0.05) is 36.4 Å². The van der Waals surface area contributed by atoms with Gasteiger partial charge in [-0.25, -0.2) is 4.74 Å². The normalized spacial score (nSPS) is 24.1. The number of ether oxygens (including phenoxy) is 2. The van der Waals surface area contributed by atoms with E-state index >= 15 is 0 Å². The second-order valence-electron chi connectivity index (χ2n) is 8.80. The predicted octanol–water partition coefficient (Wildman–Crippen LogP) is 5.47. The van der Waals surface area contributed by atoms with Crippen molar-refractivity contribution in [3.8, 4) is 0 Å². The smallest absolute Gasteiger partial charge is 0.0756 e. The molecule has 2 aromatic carbocycles. The van der Waals surface area contributed by atoms with Crippen molar-refractivity contribution >= 4 is 40.8 Å². The molecular formula is C26H33IN3O2P. The van der Waals surface area contributed by atoms with Gasteiger partial charge in [0, 0.05) is 40.8 Å². The van der Waals surface area contributed by atoms with E-state index in [2.05, 4.69) is 92.8 Å². The summed E-state index contributed by atoms with van der Waals surface area (Å²) in [6, 6.07) is 19.9. The predicted molar refractivity (Wildman–Crippen MR) is 145 cm³/mol. The highest BCUT2D eigenvalue weighted by atomic mass is 127. The van der Waals surface area contributed by atoms with Crippen LogP contribution in [0.15, 0.2) is 71.1 Å². The SMILES string of the molecule is Ic1ccc(N=[P@](c2ccccc2)([C@H]2CCCC=C2N2CCOCC2)N2CCOCC2)cc1. The first-order valence-corrected chi connectivity index (χ1v) is 14.9. The van der Waals surface area contributed by atoms with E-state index in [9.17, 15) is 0 Å². The van der Waals surface area contributed by atoms with E-state index in [0.717, 1.165) is 64.7 Å². The first-order valence-electron chi connectivity index (χ1n) is 12.1. The molecule has 3 aliphatic rings. The Morgan fingerprint density at radius 3 is 2.21 bits per heavy atom. The van der Waals surface area contributed by atoms with Crippen molar-refractivity contribution in [3.05, 3.63) is 69.9 Å². The van der Waals surface area contributed by atoms with Crippen molar-refractivity contribution in [3.63, 3.8) is 0 Å². The molecule has 2 fully saturated rings. The van der Waals surface area contributed by atoms with Crippen LogP contribution in [0.5, 0.6) is 0 Å². The average Bonchev–Trinajstić information content (AvgIpc) is 2.90. The summed E-state index contributed by atoms with van der Waals surface area (Å²) in [6.07, 6.45) is 6.07. The second kappa shape index (κ2) is 11.0. The number of benzene rings is 2. The van der Waals surface area contributed by atoms with Gasteiger partial charge in [-0.05, 0) is 66.1 Å². The van der Waals surface area contributed by atoms with Gasteiger partial charge in [0.25, 0.3) is 0 Å². The lowest BCUT2D eigenvalue weighted by atomic mass is 10.0. The Hall–Kier alpha value is -1.18. The lowest BCUT2D eigenvalue weighted by Gasteiger charge is -2.48. The van der Waals surface area contributed by atoms with Crippen LogP contribution in [0.4, 0.5) is 5.69 Å². The van der Waals surface area contributed by atoms with Crippen LogP contribution in [0.1, 0.15) is 19.3 Å². The summed E-state index contributed by atoms with van der Waals surface area (Å²) in [6.45, 7) is 7.00. The third-order valence-corrected chi connectivity index (χ3v) is 11.8. The first-order chi connectivity index (χ1) is 16.3. The molecule has 2 heterocycles. The summed E-state index contributed by atoms with van der Waals surface area (Å²) in [7, 11) is -2.13. The van der Waals surface area contributed by atoms with Gasteiger partial charge in [-0.15, -0.1) is 0 Å². The van der Waals surface area contributed by atoms with Crippen molar-refractivity contribution in [1.29, 1.82) is 0 Å². The zero-order chi connectivity index (χ0) is 22.5. The summed E-state index contributed by atoms with van der Waals surface area (Å²) < 4.78 is 21.2. The van der Waals surface area contributed by atoms with Gasteiger partial charge in [0.1, 0.15) is 0 Å². The van der Waals surface area contributed by atoms with E-state index < -0.39 is 7.21 Å². The molecule has 2 saturated heterocycles. The molecule has 5 rings (SSSR count). The van der Waals surface area contributed by atoms with E-state index in [0.29, 0.717) is 5.66 Å². The van der Waals surface area contributed by atoms with Gasteiger partial charge in [-0.3, -0.25) is 4.67 Å². The minimum absolute atomic E-state index is 0.393. The number of hydrogen-bond donors (Lipinski definition) is 0. The van der Waals surface area contributed by atoms with Crippen LogP contribution in [0, 0.1) is 3.57 Å². The Bertz CT molecular complexity index is 1000. The minimum atomic E-state index is -2.13. The van der Waals surface area contributed by atoms with E-state index in [1.165, 1.54) is 27.4 Å². The van der Waals surface area contributed by atoms with E-state index in [4.69, 9.17) is 14.2 Å². The van der Waals surface area contributed by atoms with Crippen molar-refractivity contribution in [2.45, 2.75) is 24.9 Å². The fourth-order valence-electron chi connectivity index (χ4n) is 5.29.